The molecular formula is C12H14F3N3O2. The summed E-state index contributed by atoms with van der Waals surface area (Å²) < 4.78 is 37.7. The Labute approximate surface area is 113 Å². The van der Waals surface area contributed by atoms with Gasteiger partial charge in [-0.15, -0.1) is 0 Å². The average Bonchev–Trinajstić information content (AvgIpc) is 2.39. The van der Waals surface area contributed by atoms with Crippen LogP contribution >= 0.6 is 0 Å². The van der Waals surface area contributed by atoms with Crippen molar-refractivity contribution >= 4 is 11.9 Å². The van der Waals surface area contributed by atoms with Gasteiger partial charge in [-0.2, -0.15) is 13.2 Å². The second-order valence-electron chi connectivity index (χ2n) is 4.84. The van der Waals surface area contributed by atoms with E-state index in [1.54, 1.807) is 0 Å². The summed E-state index contributed by atoms with van der Waals surface area (Å²) in [5.41, 5.74) is -2.37. The fourth-order valence-electron chi connectivity index (χ4n) is 2.34. The summed E-state index contributed by atoms with van der Waals surface area (Å²) in [6, 6.07) is 0.749. The van der Waals surface area contributed by atoms with Gasteiger partial charge in [-0.1, -0.05) is 19.3 Å². The molecule has 1 aliphatic carbocycles. The lowest BCUT2D eigenvalue weighted by molar-refractivity contribution is -0.143. The van der Waals surface area contributed by atoms with Gasteiger partial charge >= 0.3 is 12.1 Å². The van der Waals surface area contributed by atoms with Crippen molar-refractivity contribution in [1.82, 2.24) is 9.97 Å². The molecule has 0 atom stereocenters. The Morgan fingerprint density at radius 1 is 1.30 bits per heavy atom. The molecule has 1 aromatic heterocycles. The van der Waals surface area contributed by atoms with Crippen LogP contribution in [0.5, 0.6) is 0 Å². The molecule has 0 spiro atoms. The third kappa shape index (κ3) is 3.00. The fourth-order valence-corrected chi connectivity index (χ4v) is 2.34. The maximum Gasteiger partial charge on any atom is 0.433 e. The van der Waals surface area contributed by atoms with E-state index in [0.717, 1.165) is 18.7 Å². The number of nitrogens with zero attached hydrogens (tertiary/aromatic N) is 2. The standard InChI is InChI=1S/C12H14F3N3O2/c13-12(14,15)8-4-7-16-10(17-8)18-11(9(19)20)5-2-1-3-6-11/h4,7H,1-3,5-6H2,(H,19,20)(H,16,17,18). The lowest BCUT2D eigenvalue weighted by Crippen LogP contribution is -2.48. The average molecular weight is 289 g/mol. The number of alkyl halides is 3. The molecule has 5 nitrogen and oxygen atoms in total. The number of carboxylic acid groups (broad SMARTS) is 1. The summed E-state index contributed by atoms with van der Waals surface area (Å²) in [6.07, 6.45) is -0.584. The number of halogens is 3. The fraction of sp³-hybridized carbons (Fsp3) is 0.583. The molecule has 0 radical (unpaired) electrons. The van der Waals surface area contributed by atoms with Crippen LogP contribution in [0.25, 0.3) is 0 Å². The van der Waals surface area contributed by atoms with Crippen LogP contribution in [0.15, 0.2) is 12.3 Å². The minimum atomic E-state index is -4.58. The predicted octanol–water partition coefficient (Wildman–Crippen LogP) is 2.69. The molecule has 1 fully saturated rings. The minimum absolute atomic E-state index is 0.302. The molecular weight excluding hydrogens is 275 g/mol. The normalized spacial score (nSPS) is 18.6. The van der Waals surface area contributed by atoms with Gasteiger partial charge in [0.15, 0.2) is 0 Å². The number of nitrogens with one attached hydrogen (secondary N) is 1. The first-order valence-electron chi connectivity index (χ1n) is 6.25. The Bertz CT molecular complexity index is 499. The molecule has 0 amide bonds. The van der Waals surface area contributed by atoms with E-state index < -0.39 is 23.4 Å². The van der Waals surface area contributed by atoms with Gasteiger partial charge in [0.05, 0.1) is 0 Å². The molecule has 1 aromatic rings. The molecule has 110 valence electrons. The third-order valence-electron chi connectivity index (χ3n) is 3.41. The van der Waals surface area contributed by atoms with Gasteiger partial charge in [-0.05, 0) is 18.9 Å². The number of carbonyl (C=O) groups is 1. The van der Waals surface area contributed by atoms with Gasteiger partial charge in [0.25, 0.3) is 0 Å². The van der Waals surface area contributed by atoms with E-state index in [9.17, 15) is 23.1 Å². The quantitative estimate of drug-likeness (QED) is 0.894. The maximum absolute atomic E-state index is 12.6. The lowest BCUT2D eigenvalue weighted by atomic mass is 9.82. The van der Waals surface area contributed by atoms with Gasteiger partial charge < -0.3 is 10.4 Å². The van der Waals surface area contributed by atoms with Crippen LogP contribution in [-0.4, -0.2) is 26.6 Å². The molecule has 2 rings (SSSR count). The second kappa shape index (κ2) is 5.26. The van der Waals surface area contributed by atoms with E-state index in [1.165, 1.54) is 0 Å². The second-order valence-corrected chi connectivity index (χ2v) is 4.84. The van der Waals surface area contributed by atoms with Crippen LogP contribution in [0.4, 0.5) is 19.1 Å². The molecule has 0 saturated heterocycles. The Hall–Kier alpha value is -1.86. The molecule has 0 aromatic carbocycles. The topological polar surface area (TPSA) is 75.1 Å². The third-order valence-corrected chi connectivity index (χ3v) is 3.41. The smallest absolute Gasteiger partial charge is 0.433 e. The van der Waals surface area contributed by atoms with Crippen molar-refractivity contribution in [3.05, 3.63) is 18.0 Å². The van der Waals surface area contributed by atoms with Gasteiger partial charge in [0.2, 0.25) is 5.95 Å². The first-order chi connectivity index (χ1) is 9.33. The van der Waals surface area contributed by atoms with Crippen molar-refractivity contribution in [3.63, 3.8) is 0 Å². The van der Waals surface area contributed by atoms with Crippen molar-refractivity contribution in [2.24, 2.45) is 0 Å². The number of aromatic nitrogens is 2. The van der Waals surface area contributed by atoms with Crippen LogP contribution in [0, 0.1) is 0 Å². The van der Waals surface area contributed by atoms with Crippen molar-refractivity contribution < 1.29 is 23.1 Å². The van der Waals surface area contributed by atoms with E-state index >= 15 is 0 Å². The highest BCUT2D eigenvalue weighted by Gasteiger charge is 2.41. The maximum atomic E-state index is 12.6. The summed E-state index contributed by atoms with van der Waals surface area (Å²) in [5.74, 6) is -1.39. The largest absolute Gasteiger partial charge is 0.480 e. The lowest BCUT2D eigenvalue weighted by Gasteiger charge is -2.33. The van der Waals surface area contributed by atoms with Gasteiger partial charge in [-0.3, -0.25) is 0 Å². The zero-order valence-corrected chi connectivity index (χ0v) is 10.6. The molecule has 1 heterocycles. The van der Waals surface area contributed by atoms with E-state index in [-0.39, 0.29) is 5.95 Å². The Morgan fingerprint density at radius 3 is 2.50 bits per heavy atom. The monoisotopic (exact) mass is 289 g/mol. The summed E-state index contributed by atoms with van der Waals surface area (Å²) in [5, 5.41) is 11.9. The number of aliphatic carboxylic acids is 1. The molecule has 1 saturated carbocycles. The van der Waals surface area contributed by atoms with Crippen LogP contribution in [0.3, 0.4) is 0 Å². The zero-order chi connectivity index (χ0) is 14.8. The van der Waals surface area contributed by atoms with E-state index in [1.807, 2.05) is 0 Å². The highest BCUT2D eigenvalue weighted by atomic mass is 19.4. The minimum Gasteiger partial charge on any atom is -0.480 e. The molecule has 0 aliphatic heterocycles. The number of anilines is 1. The molecule has 0 unspecified atom stereocenters. The molecule has 2 N–H and O–H groups in total. The van der Waals surface area contributed by atoms with E-state index in [4.69, 9.17) is 0 Å². The predicted molar refractivity (Wildman–Crippen MR) is 64.1 cm³/mol. The molecule has 8 heteroatoms. The first-order valence-corrected chi connectivity index (χ1v) is 6.25. The highest BCUT2D eigenvalue weighted by Crippen LogP contribution is 2.32. The zero-order valence-electron chi connectivity index (χ0n) is 10.6. The van der Waals surface area contributed by atoms with Crippen molar-refractivity contribution in [3.8, 4) is 0 Å². The number of hydrogen-bond acceptors (Lipinski definition) is 4. The summed E-state index contributed by atoms with van der Waals surface area (Å²) >= 11 is 0. The van der Waals surface area contributed by atoms with Crippen molar-refractivity contribution in [2.75, 3.05) is 5.32 Å². The Morgan fingerprint density at radius 2 is 1.95 bits per heavy atom. The first kappa shape index (κ1) is 14.5. The summed E-state index contributed by atoms with van der Waals surface area (Å²) in [7, 11) is 0. The van der Waals surface area contributed by atoms with Crippen LogP contribution in [0.1, 0.15) is 37.8 Å². The Balaban J connectivity index is 2.25. The number of rotatable bonds is 3. The van der Waals surface area contributed by atoms with Crippen molar-refractivity contribution in [1.29, 1.82) is 0 Å². The Kier molecular flexibility index (Phi) is 3.82. The number of carboxylic acids is 1. The van der Waals surface area contributed by atoms with E-state index in [2.05, 4.69) is 15.3 Å². The summed E-state index contributed by atoms with van der Waals surface area (Å²) in [4.78, 5) is 18.5. The van der Waals surface area contributed by atoms with Crippen LogP contribution in [0.2, 0.25) is 0 Å². The highest BCUT2D eigenvalue weighted by molar-refractivity contribution is 5.82. The van der Waals surface area contributed by atoms with Crippen LogP contribution in [-0.2, 0) is 11.0 Å². The SMILES string of the molecule is O=C(O)C1(Nc2nccc(C(F)(F)F)n2)CCCCC1. The van der Waals surface area contributed by atoms with Gasteiger partial charge in [0.1, 0.15) is 11.2 Å². The van der Waals surface area contributed by atoms with Crippen LogP contribution < -0.4 is 5.32 Å². The van der Waals surface area contributed by atoms with Gasteiger partial charge in [0, 0.05) is 6.20 Å². The summed E-state index contributed by atoms with van der Waals surface area (Å²) in [6.45, 7) is 0. The number of hydrogen-bond donors (Lipinski definition) is 2. The van der Waals surface area contributed by atoms with Gasteiger partial charge in [-0.25, -0.2) is 14.8 Å². The van der Waals surface area contributed by atoms with E-state index in [0.29, 0.717) is 25.7 Å². The van der Waals surface area contributed by atoms with Crippen molar-refractivity contribution in [2.45, 2.75) is 43.8 Å². The molecule has 20 heavy (non-hydrogen) atoms. The molecule has 1 aliphatic rings. The molecule has 0 bridgehead atoms.